The van der Waals surface area contributed by atoms with E-state index in [1.807, 2.05) is 89.8 Å². The highest BCUT2D eigenvalue weighted by atomic mass is 16.7. The quantitative estimate of drug-likeness (QED) is 0.0926. The van der Waals surface area contributed by atoms with Crippen molar-refractivity contribution in [2.45, 2.75) is 81.8 Å². The topological polar surface area (TPSA) is 177 Å². The van der Waals surface area contributed by atoms with Gasteiger partial charge in [-0.25, -0.2) is 14.5 Å². The van der Waals surface area contributed by atoms with Crippen LogP contribution in [0.2, 0.25) is 0 Å². The molecule has 11 rings (SSSR count). The van der Waals surface area contributed by atoms with Crippen molar-refractivity contribution >= 4 is 35.5 Å². The molecule has 4 amide bonds. The number of hydrogen-bond acceptors (Lipinski definition) is 13. The number of methoxy groups -OCH3 is 1. The van der Waals surface area contributed by atoms with E-state index in [9.17, 15) is 9.90 Å². The molecule has 0 saturated carbocycles. The Labute approximate surface area is 453 Å². The maximum atomic E-state index is 17.0. The number of urea groups is 1. The van der Waals surface area contributed by atoms with E-state index in [0.717, 1.165) is 47.3 Å². The zero-order chi connectivity index (χ0) is 54.1. The molecule has 7 atom stereocenters. The van der Waals surface area contributed by atoms with Gasteiger partial charge >= 0.3 is 18.0 Å². The summed E-state index contributed by atoms with van der Waals surface area (Å²) in [6.45, 7) is 5.38. The van der Waals surface area contributed by atoms with E-state index in [-0.39, 0.29) is 38.8 Å². The summed E-state index contributed by atoms with van der Waals surface area (Å²) in [5.74, 6) is 3.84. The molecular weight excluding hydrogens is 991 g/mol. The first-order valence-electron chi connectivity index (χ1n) is 26.9. The number of benzene rings is 5. The molecule has 1 spiro atoms. The van der Waals surface area contributed by atoms with Crippen LogP contribution in [0.3, 0.4) is 0 Å². The highest BCUT2D eigenvalue weighted by molar-refractivity contribution is 6.25. The second-order valence-electron chi connectivity index (χ2n) is 21.0. The predicted octanol–water partition coefficient (Wildman–Crippen LogP) is 7.56. The molecule has 5 aromatic rings. The van der Waals surface area contributed by atoms with Gasteiger partial charge in [0.2, 0.25) is 18.6 Å². The Morgan fingerprint density at radius 3 is 2.27 bits per heavy atom. The van der Waals surface area contributed by atoms with Gasteiger partial charge in [0.05, 0.1) is 37.4 Å². The molecule has 3 saturated heterocycles. The number of allylic oxidation sites excluding steroid dienone is 2. The molecular formula is C62H63N5O11. The highest BCUT2D eigenvalue weighted by Gasteiger charge is 2.76. The molecule has 5 aromatic carbocycles. The monoisotopic (exact) mass is 1050 g/mol. The number of carbonyl (C=O) groups is 5. The number of amides is 4. The molecule has 5 heterocycles. The van der Waals surface area contributed by atoms with Gasteiger partial charge < -0.3 is 39.0 Å². The number of aliphatic hydroxyl groups is 1. The minimum Gasteiger partial charge on any atom is -0.491 e. The largest absolute Gasteiger partial charge is 0.491 e. The smallest absolute Gasteiger partial charge is 0.329 e. The number of anilines is 1. The third kappa shape index (κ3) is 9.54. The lowest BCUT2D eigenvalue weighted by Crippen LogP contribution is -2.59. The van der Waals surface area contributed by atoms with Crippen LogP contribution in [0.15, 0.2) is 133 Å². The number of aliphatic hydroxyl groups excluding tert-OH is 1. The van der Waals surface area contributed by atoms with Crippen molar-refractivity contribution in [3.05, 3.63) is 166 Å². The van der Waals surface area contributed by atoms with Crippen LogP contribution >= 0.6 is 0 Å². The lowest BCUT2D eigenvalue weighted by atomic mass is 9.64. The van der Waals surface area contributed by atoms with Gasteiger partial charge in [0, 0.05) is 38.3 Å². The Kier molecular flexibility index (Phi) is 14.8. The fourth-order valence-electron chi connectivity index (χ4n) is 12.5. The second-order valence-corrected chi connectivity index (χ2v) is 21.0. The molecule has 6 aliphatic rings. The van der Waals surface area contributed by atoms with Crippen molar-refractivity contribution < 1.29 is 52.8 Å². The summed E-state index contributed by atoms with van der Waals surface area (Å²) < 4.78 is 29.2. The molecule has 2 N–H and O–H groups in total. The normalized spacial score (nSPS) is 23.9. The number of nitrogens with one attached hydrogen (secondary N) is 1. The number of ether oxygens (including phenoxy) is 5. The van der Waals surface area contributed by atoms with Gasteiger partial charge in [-0.05, 0) is 107 Å². The second kappa shape index (κ2) is 22.2. The molecule has 3 fully saturated rings. The zero-order valence-electron chi connectivity index (χ0n) is 44.0. The average molecular weight is 1050 g/mol. The van der Waals surface area contributed by atoms with Crippen molar-refractivity contribution in [3.8, 4) is 29.1 Å². The van der Waals surface area contributed by atoms with E-state index in [0.29, 0.717) is 59.1 Å². The molecule has 5 aliphatic heterocycles. The van der Waals surface area contributed by atoms with Crippen molar-refractivity contribution in [1.29, 1.82) is 0 Å². The van der Waals surface area contributed by atoms with Gasteiger partial charge in [-0.1, -0.05) is 111 Å². The van der Waals surface area contributed by atoms with Crippen molar-refractivity contribution in [2.24, 2.45) is 11.8 Å². The standard InChI is InChI=1S/C62H63N5O11/c1-39(2)52(58(70)74-3)63-61(73)66-48-26-24-41(23-22-40-14-7-4-8-15-40)34-47(48)62(60(66)72)51(57(69)65-30-28-64(29-31-65)37-42-25-27-49-50(35-42)77-38-76-49)54-59(71)78-55(44-18-11-6-12-19-44)53(43-16-9-5-10-17-43)67(54)56(62)45-20-13-21-46(36-45)75-33-32-68/h5-6,9-14,16-21,24-27,34-36,39,51-56,68H,4,7-8,15,28-33,37-38H2,1-3H3,(H,63,73)/t51-,52-,53-,54-,55+,56+,62-/m0/s1. The number of morpholine rings is 1. The van der Waals surface area contributed by atoms with Crippen LogP contribution in [0.5, 0.6) is 17.2 Å². The Morgan fingerprint density at radius 1 is 0.808 bits per heavy atom. The minimum absolute atomic E-state index is 0.0339. The molecule has 1 aliphatic carbocycles. The Hall–Kier alpha value is -7.97. The van der Waals surface area contributed by atoms with Gasteiger partial charge in [-0.2, -0.15) is 0 Å². The predicted molar refractivity (Wildman–Crippen MR) is 288 cm³/mol. The summed E-state index contributed by atoms with van der Waals surface area (Å²) in [6.07, 6.45) is 5.03. The number of esters is 2. The van der Waals surface area contributed by atoms with Crippen molar-refractivity contribution in [2.75, 3.05) is 58.2 Å². The number of cyclic esters (lactones) is 1. The molecule has 16 heteroatoms. The summed E-state index contributed by atoms with van der Waals surface area (Å²) in [5, 5.41) is 12.8. The van der Waals surface area contributed by atoms with E-state index in [1.165, 1.54) is 7.11 Å². The number of hydrogen-bond donors (Lipinski definition) is 2. The number of rotatable bonds is 12. The summed E-state index contributed by atoms with van der Waals surface area (Å²) in [6, 6.07) is 31.8. The average Bonchev–Trinajstić information content (AvgIpc) is 4.31. The first kappa shape index (κ1) is 52.1. The minimum atomic E-state index is -2.08. The van der Waals surface area contributed by atoms with Gasteiger partial charge in [0.1, 0.15) is 36.0 Å². The maximum Gasteiger partial charge on any atom is 0.329 e. The molecule has 0 radical (unpaired) electrons. The molecule has 0 unspecified atom stereocenters. The van der Waals surface area contributed by atoms with Crippen molar-refractivity contribution in [3.63, 3.8) is 0 Å². The van der Waals surface area contributed by atoms with Gasteiger partial charge in [-0.15, -0.1) is 0 Å². The van der Waals surface area contributed by atoms with Gasteiger partial charge in [0.15, 0.2) is 11.5 Å². The highest BCUT2D eigenvalue weighted by Crippen LogP contribution is 2.66. The van der Waals surface area contributed by atoms with Crippen LogP contribution in [0.4, 0.5) is 10.5 Å². The van der Waals surface area contributed by atoms with Crippen LogP contribution in [-0.4, -0.2) is 115 Å². The van der Waals surface area contributed by atoms with E-state index >= 15 is 19.2 Å². The van der Waals surface area contributed by atoms with Crippen LogP contribution in [0.25, 0.3) is 0 Å². The summed E-state index contributed by atoms with van der Waals surface area (Å²) in [5.41, 5.74) is 2.88. The number of fused-ring (bicyclic) bond motifs is 4. The lowest BCUT2D eigenvalue weighted by molar-refractivity contribution is -0.179. The molecule has 402 valence electrons. The van der Waals surface area contributed by atoms with Crippen LogP contribution in [0, 0.1) is 23.7 Å². The van der Waals surface area contributed by atoms with E-state index in [2.05, 4.69) is 28.1 Å². The first-order valence-corrected chi connectivity index (χ1v) is 26.9. The molecule has 78 heavy (non-hydrogen) atoms. The van der Waals surface area contributed by atoms with E-state index < -0.39 is 77.3 Å². The fraction of sp³-hybridized carbons (Fsp3) is 0.371. The first-order chi connectivity index (χ1) is 38.0. The summed E-state index contributed by atoms with van der Waals surface area (Å²) >= 11 is 0. The van der Waals surface area contributed by atoms with E-state index in [1.54, 1.807) is 55.1 Å². The molecule has 0 aromatic heterocycles. The van der Waals surface area contributed by atoms with E-state index in [4.69, 9.17) is 23.7 Å². The lowest BCUT2D eigenvalue weighted by Gasteiger charge is -2.46. The number of piperazine rings is 1. The summed E-state index contributed by atoms with van der Waals surface area (Å²) in [4.78, 5) is 85.1. The third-order valence-electron chi connectivity index (χ3n) is 16.0. The summed E-state index contributed by atoms with van der Waals surface area (Å²) in [7, 11) is 1.23. The Balaban J connectivity index is 1.13. The van der Waals surface area contributed by atoms with Gasteiger partial charge in [0.25, 0.3) is 0 Å². The third-order valence-corrected chi connectivity index (χ3v) is 16.0. The molecule has 0 bridgehead atoms. The maximum absolute atomic E-state index is 17.0. The van der Waals surface area contributed by atoms with Crippen LogP contribution in [-0.2, 0) is 40.6 Å². The van der Waals surface area contributed by atoms with Crippen molar-refractivity contribution in [1.82, 2.24) is 20.0 Å². The SMILES string of the molecule is COC(=O)[C@@H](NC(=O)N1C(=O)[C@@]2(c3cc(C#CC4=CCCCC4)ccc31)[C@H](C(=O)N1CCN(Cc3ccc4c(c3)OCO4)CC1)[C@H]1C(=O)O[C@H](c3ccccc3)[C@H](c3ccccc3)N1[C@@H]2c1cccc(OCCO)c1)C(C)C. The fourth-order valence-corrected chi connectivity index (χ4v) is 12.5. The number of nitrogens with zero attached hydrogens (tertiary/aromatic N) is 4. The Morgan fingerprint density at radius 2 is 1.55 bits per heavy atom. The Bertz CT molecular complexity index is 3200. The molecule has 16 nitrogen and oxygen atoms in total. The number of carbonyl (C=O) groups excluding carboxylic acids is 5. The van der Waals surface area contributed by atoms with Gasteiger partial charge in [-0.3, -0.25) is 24.2 Å². The van der Waals surface area contributed by atoms with Crippen LogP contribution in [0.1, 0.15) is 91.1 Å². The number of imide groups is 1. The van der Waals surface area contributed by atoms with Crippen LogP contribution < -0.4 is 24.4 Å². The zero-order valence-corrected chi connectivity index (χ0v) is 44.0.